The summed E-state index contributed by atoms with van der Waals surface area (Å²) < 4.78 is 6.87. The molecule has 4 nitrogen and oxygen atoms in total. The van der Waals surface area contributed by atoms with E-state index in [-0.39, 0.29) is 11.9 Å². The van der Waals surface area contributed by atoms with Crippen molar-refractivity contribution < 1.29 is 9.53 Å². The molecule has 0 unspecified atom stereocenters. The summed E-state index contributed by atoms with van der Waals surface area (Å²) >= 11 is 1.39. The zero-order chi connectivity index (χ0) is 12.4. The van der Waals surface area contributed by atoms with Crippen molar-refractivity contribution in [2.24, 2.45) is 0 Å². The lowest BCUT2D eigenvalue weighted by Crippen LogP contribution is -2.55. The average molecular weight is 248 g/mol. The van der Waals surface area contributed by atoms with E-state index < -0.39 is 6.10 Å². The summed E-state index contributed by atoms with van der Waals surface area (Å²) in [7, 11) is 1.54. The Morgan fingerprint density at radius 2 is 2.06 bits per heavy atom. The second kappa shape index (κ2) is 4.78. The van der Waals surface area contributed by atoms with Crippen LogP contribution in [-0.2, 0) is 9.53 Å². The summed E-state index contributed by atoms with van der Waals surface area (Å²) in [5, 5.41) is 8.73. The van der Waals surface area contributed by atoms with Crippen molar-refractivity contribution in [2.75, 3.05) is 13.4 Å². The van der Waals surface area contributed by atoms with E-state index in [0.717, 1.165) is 5.56 Å². The molecule has 1 aliphatic heterocycles. The van der Waals surface area contributed by atoms with Gasteiger partial charge in [-0.15, -0.1) is 0 Å². The lowest BCUT2D eigenvalue weighted by Gasteiger charge is -2.44. The van der Waals surface area contributed by atoms with Crippen molar-refractivity contribution in [1.82, 2.24) is 4.31 Å². The summed E-state index contributed by atoms with van der Waals surface area (Å²) in [4.78, 5) is 11.7. The molecule has 1 fully saturated rings. The fourth-order valence-corrected chi connectivity index (χ4v) is 2.68. The number of amides is 1. The molecule has 1 aromatic rings. The minimum Gasteiger partial charge on any atom is -0.369 e. The number of carbonyl (C=O) groups is 1. The Labute approximate surface area is 104 Å². The maximum Gasteiger partial charge on any atom is 0.264 e. The molecule has 0 radical (unpaired) electrons. The van der Waals surface area contributed by atoms with Gasteiger partial charge in [-0.25, -0.2) is 0 Å². The first-order valence-corrected chi connectivity index (χ1v) is 6.31. The maximum absolute atomic E-state index is 11.7. The van der Waals surface area contributed by atoms with Gasteiger partial charge in [0.05, 0.1) is 11.6 Å². The number of nitrogens with zero attached hydrogens (tertiary/aromatic N) is 2. The van der Waals surface area contributed by atoms with Crippen LogP contribution < -0.4 is 0 Å². The van der Waals surface area contributed by atoms with Crippen molar-refractivity contribution in [1.29, 1.82) is 5.26 Å². The van der Waals surface area contributed by atoms with Crippen LogP contribution in [0.25, 0.3) is 0 Å². The van der Waals surface area contributed by atoms with E-state index in [1.807, 2.05) is 18.4 Å². The van der Waals surface area contributed by atoms with Crippen LogP contribution >= 0.6 is 11.9 Å². The highest BCUT2D eigenvalue weighted by Gasteiger charge is 2.48. The molecular weight excluding hydrogens is 236 g/mol. The molecule has 1 saturated heterocycles. The van der Waals surface area contributed by atoms with Crippen molar-refractivity contribution in [3.05, 3.63) is 35.4 Å². The van der Waals surface area contributed by atoms with E-state index in [9.17, 15) is 4.79 Å². The van der Waals surface area contributed by atoms with Crippen LogP contribution in [0, 0.1) is 11.3 Å². The molecule has 0 saturated carbocycles. The number of β-lactam (4-membered cyclic amide) rings is 1. The fraction of sp³-hybridized carbons (Fsp3) is 0.333. The number of nitriles is 1. The first kappa shape index (κ1) is 12.0. The molecule has 1 aliphatic rings. The first-order chi connectivity index (χ1) is 8.22. The average Bonchev–Trinajstić information content (AvgIpc) is 2.37. The fourth-order valence-electron chi connectivity index (χ4n) is 1.94. The molecule has 1 aromatic carbocycles. The first-order valence-electron chi connectivity index (χ1n) is 5.13. The number of rotatable bonds is 3. The molecule has 1 amide bonds. The third-order valence-corrected chi connectivity index (χ3v) is 3.63. The molecule has 88 valence electrons. The highest BCUT2D eigenvalue weighted by molar-refractivity contribution is 7.96. The van der Waals surface area contributed by atoms with Crippen LogP contribution in [-0.4, -0.2) is 29.7 Å². The van der Waals surface area contributed by atoms with Crippen LogP contribution in [0.4, 0.5) is 0 Å². The van der Waals surface area contributed by atoms with Crippen molar-refractivity contribution in [2.45, 2.75) is 12.1 Å². The summed E-state index contributed by atoms with van der Waals surface area (Å²) in [6.07, 6.45) is 1.45. The van der Waals surface area contributed by atoms with E-state index in [1.54, 1.807) is 16.4 Å². The Kier molecular flexibility index (Phi) is 3.36. The lowest BCUT2D eigenvalue weighted by molar-refractivity contribution is -0.158. The molecule has 17 heavy (non-hydrogen) atoms. The van der Waals surface area contributed by atoms with Gasteiger partial charge in [-0.3, -0.25) is 9.10 Å². The van der Waals surface area contributed by atoms with Crippen molar-refractivity contribution >= 4 is 17.9 Å². The lowest BCUT2D eigenvalue weighted by atomic mass is 9.93. The standard InChI is InChI=1S/C12H12N2O2S/c1-16-11-10(14(17-2)12(11)15)9-5-3-8(7-13)4-6-9/h3-6,10-11H,1-2H3/t10-,11+/m0/s1. The van der Waals surface area contributed by atoms with E-state index in [1.165, 1.54) is 19.1 Å². The third kappa shape index (κ3) is 1.90. The zero-order valence-corrected chi connectivity index (χ0v) is 10.4. The van der Waals surface area contributed by atoms with Gasteiger partial charge in [0.2, 0.25) is 0 Å². The van der Waals surface area contributed by atoms with E-state index in [2.05, 4.69) is 6.07 Å². The van der Waals surface area contributed by atoms with Gasteiger partial charge in [-0.2, -0.15) is 5.26 Å². The second-order valence-corrected chi connectivity index (χ2v) is 4.44. The molecular formula is C12H12N2O2S. The van der Waals surface area contributed by atoms with E-state index >= 15 is 0 Å². The Bertz CT molecular complexity index is 452. The number of hydrogen-bond acceptors (Lipinski definition) is 4. The number of methoxy groups -OCH3 is 1. The maximum atomic E-state index is 11.7. The predicted molar refractivity (Wildman–Crippen MR) is 65.1 cm³/mol. The molecule has 2 rings (SSSR count). The van der Waals surface area contributed by atoms with Crippen LogP contribution in [0.5, 0.6) is 0 Å². The number of benzene rings is 1. The van der Waals surface area contributed by atoms with Gasteiger partial charge in [0.25, 0.3) is 5.91 Å². The Morgan fingerprint density at radius 1 is 1.41 bits per heavy atom. The van der Waals surface area contributed by atoms with Gasteiger partial charge in [0.1, 0.15) is 6.04 Å². The van der Waals surface area contributed by atoms with Gasteiger partial charge in [-0.05, 0) is 17.7 Å². The van der Waals surface area contributed by atoms with Crippen LogP contribution in [0.2, 0.25) is 0 Å². The van der Waals surface area contributed by atoms with Gasteiger partial charge in [-0.1, -0.05) is 24.1 Å². The minimum atomic E-state index is -0.407. The SMILES string of the molecule is CO[C@H]1C(=O)N(SC)[C@H]1c1ccc(C#N)cc1. The monoisotopic (exact) mass is 248 g/mol. The molecule has 0 aromatic heterocycles. The predicted octanol–water partition coefficient (Wildman–Crippen LogP) is 1.73. The summed E-state index contributed by atoms with van der Waals surface area (Å²) in [6, 6.07) is 9.25. The Balaban J connectivity index is 2.25. The molecule has 0 spiro atoms. The molecule has 0 bridgehead atoms. The summed E-state index contributed by atoms with van der Waals surface area (Å²) in [5.74, 6) is -0.00522. The minimum absolute atomic E-state index is 0.00522. The third-order valence-electron chi connectivity index (χ3n) is 2.83. The summed E-state index contributed by atoms with van der Waals surface area (Å²) in [6.45, 7) is 0. The Hall–Kier alpha value is -1.51. The molecule has 0 N–H and O–H groups in total. The smallest absolute Gasteiger partial charge is 0.264 e. The highest BCUT2D eigenvalue weighted by atomic mass is 32.2. The zero-order valence-electron chi connectivity index (χ0n) is 9.58. The largest absolute Gasteiger partial charge is 0.369 e. The number of carbonyl (C=O) groups excluding carboxylic acids is 1. The van der Waals surface area contributed by atoms with Crippen LogP contribution in [0.1, 0.15) is 17.2 Å². The van der Waals surface area contributed by atoms with Crippen molar-refractivity contribution in [3.63, 3.8) is 0 Å². The quantitative estimate of drug-likeness (QED) is 0.604. The molecule has 5 heteroatoms. The van der Waals surface area contributed by atoms with Crippen LogP contribution in [0.3, 0.4) is 0 Å². The number of ether oxygens (including phenoxy) is 1. The molecule has 0 aliphatic carbocycles. The van der Waals surface area contributed by atoms with Gasteiger partial charge >= 0.3 is 0 Å². The van der Waals surface area contributed by atoms with Gasteiger partial charge in [0.15, 0.2) is 6.10 Å². The van der Waals surface area contributed by atoms with Crippen molar-refractivity contribution in [3.8, 4) is 6.07 Å². The second-order valence-electron chi connectivity index (χ2n) is 3.68. The molecule has 2 atom stereocenters. The molecule has 1 heterocycles. The van der Waals surface area contributed by atoms with Gasteiger partial charge < -0.3 is 4.74 Å². The van der Waals surface area contributed by atoms with E-state index in [4.69, 9.17) is 10.00 Å². The topological polar surface area (TPSA) is 53.3 Å². The Morgan fingerprint density at radius 3 is 2.53 bits per heavy atom. The van der Waals surface area contributed by atoms with E-state index in [0.29, 0.717) is 5.56 Å². The summed E-state index contributed by atoms with van der Waals surface area (Å²) in [5.41, 5.74) is 1.61. The highest BCUT2D eigenvalue weighted by Crippen LogP contribution is 2.40. The number of hydrogen-bond donors (Lipinski definition) is 0. The van der Waals surface area contributed by atoms with Crippen LogP contribution in [0.15, 0.2) is 24.3 Å². The van der Waals surface area contributed by atoms with Gasteiger partial charge in [0, 0.05) is 13.4 Å². The normalized spacial score (nSPS) is 23.1.